The van der Waals surface area contributed by atoms with E-state index in [0.29, 0.717) is 19.1 Å². The molecule has 0 aromatic rings. The molecule has 0 bridgehead atoms. The van der Waals surface area contributed by atoms with Crippen molar-refractivity contribution in [1.29, 1.82) is 0 Å². The second-order valence-corrected chi connectivity index (χ2v) is 5.26. The van der Waals surface area contributed by atoms with E-state index in [-0.39, 0.29) is 5.91 Å². The fourth-order valence-corrected chi connectivity index (χ4v) is 2.12. The fourth-order valence-electron chi connectivity index (χ4n) is 2.12. The van der Waals surface area contributed by atoms with E-state index in [1.165, 1.54) is 0 Å². The van der Waals surface area contributed by atoms with Crippen LogP contribution in [0.1, 0.15) is 12.8 Å². The first-order valence-corrected chi connectivity index (χ1v) is 7.04. The molecule has 0 aromatic carbocycles. The van der Waals surface area contributed by atoms with Gasteiger partial charge in [0.15, 0.2) is 0 Å². The van der Waals surface area contributed by atoms with E-state index in [2.05, 4.69) is 15.1 Å². The summed E-state index contributed by atoms with van der Waals surface area (Å²) in [6.07, 6.45) is 1.99. The van der Waals surface area contributed by atoms with Crippen LogP contribution in [0.25, 0.3) is 0 Å². The van der Waals surface area contributed by atoms with Crippen LogP contribution in [-0.2, 0) is 9.53 Å². The van der Waals surface area contributed by atoms with Gasteiger partial charge in [0.25, 0.3) is 0 Å². The molecule has 1 saturated heterocycles. The Kier molecular flexibility index (Phi) is 7.97. The minimum Gasteiger partial charge on any atom is -0.383 e. The summed E-state index contributed by atoms with van der Waals surface area (Å²) in [5.41, 5.74) is 5.84. The number of likely N-dealkylation sites (tertiary alicyclic amines) is 1. The number of nitrogens with one attached hydrogen (secondary N) is 1. The number of hydrogen-bond acceptors (Lipinski definition) is 5. The van der Waals surface area contributed by atoms with Gasteiger partial charge < -0.3 is 20.7 Å². The third-order valence-corrected chi connectivity index (χ3v) is 3.49. The number of carbonyl (C=O) groups excluding carboxylic acids is 1. The van der Waals surface area contributed by atoms with Crippen molar-refractivity contribution in [2.45, 2.75) is 18.9 Å². The van der Waals surface area contributed by atoms with Crippen LogP contribution in [0.5, 0.6) is 0 Å². The minimum absolute atomic E-state index is 0.107. The van der Waals surface area contributed by atoms with Gasteiger partial charge in [0.2, 0.25) is 5.91 Å². The summed E-state index contributed by atoms with van der Waals surface area (Å²) in [4.78, 5) is 16.1. The van der Waals surface area contributed by atoms with Gasteiger partial charge in [0, 0.05) is 45.9 Å². The van der Waals surface area contributed by atoms with Crippen LogP contribution >= 0.6 is 0 Å². The Morgan fingerprint density at radius 2 is 2.11 bits per heavy atom. The summed E-state index contributed by atoms with van der Waals surface area (Å²) >= 11 is 0. The van der Waals surface area contributed by atoms with E-state index in [9.17, 15) is 4.79 Å². The normalized spacial score (nSPS) is 17.9. The van der Waals surface area contributed by atoms with Gasteiger partial charge in [0.1, 0.15) is 0 Å². The Morgan fingerprint density at radius 1 is 1.42 bits per heavy atom. The van der Waals surface area contributed by atoms with Gasteiger partial charge in [-0.1, -0.05) is 0 Å². The van der Waals surface area contributed by atoms with Crippen LogP contribution in [0.3, 0.4) is 0 Å². The van der Waals surface area contributed by atoms with Gasteiger partial charge in [-0.15, -0.1) is 0 Å². The maximum absolute atomic E-state index is 11.8. The molecule has 3 N–H and O–H groups in total. The Balaban J connectivity index is 2.04. The molecule has 19 heavy (non-hydrogen) atoms. The van der Waals surface area contributed by atoms with Gasteiger partial charge in [-0.3, -0.25) is 9.69 Å². The number of piperidine rings is 1. The Bertz CT molecular complexity index is 255. The zero-order valence-corrected chi connectivity index (χ0v) is 12.2. The highest BCUT2D eigenvalue weighted by Crippen LogP contribution is 2.06. The number of nitrogens with zero attached hydrogens (tertiary/aromatic N) is 2. The smallest absolute Gasteiger partial charge is 0.234 e. The van der Waals surface area contributed by atoms with Gasteiger partial charge >= 0.3 is 0 Å². The highest BCUT2D eigenvalue weighted by Gasteiger charge is 2.17. The topological polar surface area (TPSA) is 70.8 Å². The maximum atomic E-state index is 11.8. The van der Waals surface area contributed by atoms with Gasteiger partial charge in [-0.2, -0.15) is 0 Å². The first kappa shape index (κ1) is 16.4. The van der Waals surface area contributed by atoms with Crippen molar-refractivity contribution in [3.05, 3.63) is 0 Å². The van der Waals surface area contributed by atoms with E-state index in [1.54, 1.807) is 7.11 Å². The maximum Gasteiger partial charge on any atom is 0.234 e. The van der Waals surface area contributed by atoms with E-state index in [4.69, 9.17) is 10.5 Å². The molecular weight excluding hydrogens is 244 g/mol. The first-order chi connectivity index (χ1) is 9.11. The SMILES string of the molecule is COCCN(C)CCNC(=O)CN1CCC(N)CC1. The number of nitrogens with two attached hydrogens (primary N) is 1. The molecule has 0 unspecified atom stereocenters. The van der Waals surface area contributed by atoms with E-state index in [1.807, 2.05) is 7.05 Å². The Hall–Kier alpha value is -0.690. The molecule has 6 nitrogen and oxygen atoms in total. The lowest BCUT2D eigenvalue weighted by molar-refractivity contribution is -0.122. The summed E-state index contributed by atoms with van der Waals surface area (Å²) in [6, 6.07) is 0.314. The fraction of sp³-hybridized carbons (Fsp3) is 0.923. The molecule has 6 heteroatoms. The predicted molar refractivity (Wildman–Crippen MR) is 76.0 cm³/mol. The molecule has 1 rings (SSSR count). The number of methoxy groups -OCH3 is 1. The highest BCUT2D eigenvalue weighted by atomic mass is 16.5. The van der Waals surface area contributed by atoms with Crippen molar-refractivity contribution < 1.29 is 9.53 Å². The molecule has 0 aliphatic carbocycles. The van der Waals surface area contributed by atoms with Crippen molar-refractivity contribution in [3.63, 3.8) is 0 Å². The van der Waals surface area contributed by atoms with Gasteiger partial charge in [-0.25, -0.2) is 0 Å². The van der Waals surface area contributed by atoms with E-state index in [0.717, 1.165) is 45.6 Å². The average molecular weight is 272 g/mol. The van der Waals surface area contributed by atoms with Crippen molar-refractivity contribution >= 4 is 5.91 Å². The van der Waals surface area contributed by atoms with Crippen LogP contribution in [0.4, 0.5) is 0 Å². The molecule has 0 saturated carbocycles. The summed E-state index contributed by atoms with van der Waals surface area (Å²) in [5, 5.41) is 2.95. The van der Waals surface area contributed by atoms with Crippen LogP contribution in [0.2, 0.25) is 0 Å². The van der Waals surface area contributed by atoms with E-state index >= 15 is 0 Å². The summed E-state index contributed by atoms with van der Waals surface area (Å²) in [7, 11) is 3.72. The lowest BCUT2D eigenvalue weighted by Crippen LogP contribution is -2.45. The third kappa shape index (κ3) is 7.47. The predicted octanol–water partition coefficient (Wildman–Crippen LogP) is -0.896. The van der Waals surface area contributed by atoms with Crippen molar-refractivity contribution in [2.24, 2.45) is 5.73 Å². The molecular formula is C13H28N4O2. The molecule has 0 radical (unpaired) electrons. The van der Waals surface area contributed by atoms with Crippen LogP contribution in [0, 0.1) is 0 Å². The second-order valence-electron chi connectivity index (χ2n) is 5.26. The molecule has 0 spiro atoms. The number of rotatable bonds is 8. The molecule has 1 aliphatic heterocycles. The molecule has 112 valence electrons. The number of ether oxygens (including phenoxy) is 1. The Morgan fingerprint density at radius 3 is 2.74 bits per heavy atom. The molecule has 1 heterocycles. The summed E-state index contributed by atoms with van der Waals surface area (Å²) in [6.45, 7) is 5.50. The van der Waals surface area contributed by atoms with Crippen molar-refractivity contribution in [1.82, 2.24) is 15.1 Å². The number of hydrogen-bond donors (Lipinski definition) is 2. The Labute approximate surface area is 116 Å². The van der Waals surface area contributed by atoms with Crippen LogP contribution < -0.4 is 11.1 Å². The van der Waals surface area contributed by atoms with Crippen molar-refractivity contribution in [3.8, 4) is 0 Å². The zero-order valence-electron chi connectivity index (χ0n) is 12.2. The number of likely N-dealkylation sites (N-methyl/N-ethyl adjacent to an activating group) is 1. The highest BCUT2D eigenvalue weighted by molar-refractivity contribution is 5.78. The second kappa shape index (κ2) is 9.25. The van der Waals surface area contributed by atoms with Gasteiger partial charge in [-0.05, 0) is 19.9 Å². The number of carbonyl (C=O) groups is 1. The van der Waals surface area contributed by atoms with Gasteiger partial charge in [0.05, 0.1) is 13.2 Å². The summed E-state index contributed by atoms with van der Waals surface area (Å²) < 4.78 is 5.00. The standard InChI is InChI=1S/C13H28N4O2/c1-16(9-10-19-2)8-5-15-13(18)11-17-6-3-12(14)4-7-17/h12H,3-11,14H2,1-2H3,(H,15,18). The molecule has 1 fully saturated rings. The number of amides is 1. The van der Waals surface area contributed by atoms with Crippen molar-refractivity contribution in [2.75, 3.05) is 60.0 Å². The third-order valence-electron chi connectivity index (χ3n) is 3.49. The molecule has 0 atom stereocenters. The largest absolute Gasteiger partial charge is 0.383 e. The van der Waals surface area contributed by atoms with Crippen LogP contribution in [0.15, 0.2) is 0 Å². The lowest BCUT2D eigenvalue weighted by Gasteiger charge is -2.29. The molecule has 1 aliphatic rings. The average Bonchev–Trinajstić information content (AvgIpc) is 2.39. The minimum atomic E-state index is 0.107. The molecule has 0 aromatic heterocycles. The van der Waals surface area contributed by atoms with Crippen LogP contribution in [-0.4, -0.2) is 81.8 Å². The molecule has 1 amide bonds. The summed E-state index contributed by atoms with van der Waals surface area (Å²) in [5.74, 6) is 0.107. The quantitative estimate of drug-likeness (QED) is 0.599. The monoisotopic (exact) mass is 272 g/mol. The zero-order chi connectivity index (χ0) is 14.1. The van der Waals surface area contributed by atoms with E-state index < -0.39 is 0 Å². The lowest BCUT2D eigenvalue weighted by atomic mass is 10.1. The first-order valence-electron chi connectivity index (χ1n) is 7.04.